The van der Waals surface area contributed by atoms with Crippen molar-refractivity contribution in [3.05, 3.63) is 23.7 Å². The predicted molar refractivity (Wildman–Crippen MR) is 40.6 cm³/mol. The number of furan rings is 1. The van der Waals surface area contributed by atoms with E-state index >= 15 is 0 Å². The summed E-state index contributed by atoms with van der Waals surface area (Å²) in [5, 5.41) is 16.9. The molecule has 4 heteroatoms. The number of nitrogens with zero attached hydrogens (tertiary/aromatic N) is 2. The Balaban J connectivity index is 2.89. The van der Waals surface area contributed by atoms with Gasteiger partial charge in [0.1, 0.15) is 11.8 Å². The standard InChI is InChI=1S/C8H7N3O/c9-3-1-7(11)8-6(5-10)2-4-12-8/h2,4,7H,1,11H2. The number of hydrogen-bond acceptors (Lipinski definition) is 4. The average molecular weight is 161 g/mol. The van der Waals surface area contributed by atoms with Gasteiger partial charge in [-0.05, 0) is 6.07 Å². The van der Waals surface area contributed by atoms with Crippen molar-refractivity contribution in [3.8, 4) is 12.1 Å². The topological polar surface area (TPSA) is 86.7 Å². The van der Waals surface area contributed by atoms with Crippen LogP contribution in [0, 0.1) is 22.7 Å². The van der Waals surface area contributed by atoms with E-state index in [1.54, 1.807) is 0 Å². The fourth-order valence-electron chi connectivity index (χ4n) is 0.892. The van der Waals surface area contributed by atoms with Gasteiger partial charge in [0.05, 0.1) is 30.4 Å². The molecule has 0 saturated carbocycles. The molecule has 0 aromatic carbocycles. The van der Waals surface area contributed by atoms with Crippen LogP contribution in [0.15, 0.2) is 16.7 Å². The average Bonchev–Trinajstić information content (AvgIpc) is 2.51. The molecule has 0 amide bonds. The Labute approximate surface area is 69.8 Å². The first kappa shape index (κ1) is 8.32. The van der Waals surface area contributed by atoms with Crippen molar-refractivity contribution in [2.45, 2.75) is 12.5 Å². The van der Waals surface area contributed by atoms with Crippen LogP contribution < -0.4 is 5.73 Å². The smallest absolute Gasteiger partial charge is 0.139 e. The molecule has 2 N–H and O–H groups in total. The van der Waals surface area contributed by atoms with Gasteiger partial charge in [-0.15, -0.1) is 0 Å². The Hall–Kier alpha value is -1.78. The van der Waals surface area contributed by atoms with Gasteiger partial charge in [0.2, 0.25) is 0 Å². The monoisotopic (exact) mass is 161 g/mol. The maximum absolute atomic E-state index is 8.58. The van der Waals surface area contributed by atoms with Crippen LogP contribution in [0.2, 0.25) is 0 Å². The highest BCUT2D eigenvalue weighted by molar-refractivity contribution is 5.32. The first-order chi connectivity index (χ1) is 5.79. The van der Waals surface area contributed by atoms with E-state index < -0.39 is 6.04 Å². The van der Waals surface area contributed by atoms with E-state index in [2.05, 4.69) is 0 Å². The van der Waals surface area contributed by atoms with Gasteiger partial charge in [-0.2, -0.15) is 10.5 Å². The van der Waals surface area contributed by atoms with Crippen LogP contribution in [-0.4, -0.2) is 0 Å². The maximum Gasteiger partial charge on any atom is 0.139 e. The molecule has 0 radical (unpaired) electrons. The lowest BCUT2D eigenvalue weighted by Gasteiger charge is -2.02. The minimum absolute atomic E-state index is 0.155. The first-order valence-electron chi connectivity index (χ1n) is 3.39. The van der Waals surface area contributed by atoms with Gasteiger partial charge in [0.15, 0.2) is 0 Å². The van der Waals surface area contributed by atoms with E-state index in [1.807, 2.05) is 12.1 Å². The number of hydrogen-bond donors (Lipinski definition) is 1. The summed E-state index contributed by atoms with van der Waals surface area (Å²) in [6.45, 7) is 0. The molecule has 0 spiro atoms. The highest BCUT2D eigenvalue weighted by Crippen LogP contribution is 2.18. The second-order valence-electron chi connectivity index (χ2n) is 2.28. The van der Waals surface area contributed by atoms with E-state index in [0.29, 0.717) is 11.3 Å². The van der Waals surface area contributed by atoms with Gasteiger partial charge in [0, 0.05) is 0 Å². The van der Waals surface area contributed by atoms with Crippen LogP contribution in [0.4, 0.5) is 0 Å². The maximum atomic E-state index is 8.58. The van der Waals surface area contributed by atoms with Gasteiger partial charge in [-0.3, -0.25) is 0 Å². The summed E-state index contributed by atoms with van der Waals surface area (Å²) in [6.07, 6.45) is 1.55. The van der Waals surface area contributed by atoms with Crippen molar-refractivity contribution < 1.29 is 4.42 Å². The van der Waals surface area contributed by atoms with Crippen molar-refractivity contribution in [2.24, 2.45) is 5.73 Å². The highest BCUT2D eigenvalue weighted by atomic mass is 16.3. The normalized spacial score (nSPS) is 11.6. The lowest BCUT2D eigenvalue weighted by Crippen LogP contribution is -2.09. The summed E-state index contributed by atoms with van der Waals surface area (Å²) in [5.74, 6) is 0.388. The molecule has 1 aromatic rings. The van der Waals surface area contributed by atoms with Crippen molar-refractivity contribution in [3.63, 3.8) is 0 Å². The molecule has 1 aromatic heterocycles. The zero-order chi connectivity index (χ0) is 8.97. The highest BCUT2D eigenvalue weighted by Gasteiger charge is 2.13. The number of nitriles is 2. The molecule has 4 nitrogen and oxygen atoms in total. The molecule has 12 heavy (non-hydrogen) atoms. The van der Waals surface area contributed by atoms with Crippen LogP contribution in [0.1, 0.15) is 23.8 Å². The van der Waals surface area contributed by atoms with Crippen LogP contribution >= 0.6 is 0 Å². The molecule has 0 fully saturated rings. The summed E-state index contributed by atoms with van der Waals surface area (Å²) in [6, 6.07) is 4.88. The Bertz CT molecular complexity index is 342. The predicted octanol–water partition coefficient (Wildman–Crippen LogP) is 1.06. The zero-order valence-corrected chi connectivity index (χ0v) is 6.32. The lowest BCUT2D eigenvalue weighted by atomic mass is 10.1. The molecular formula is C8H7N3O. The molecule has 1 atom stereocenters. The summed E-state index contributed by atoms with van der Waals surface area (Å²) >= 11 is 0. The van der Waals surface area contributed by atoms with Crippen molar-refractivity contribution in [2.75, 3.05) is 0 Å². The molecule has 0 aliphatic carbocycles. The molecule has 60 valence electrons. The number of nitrogens with two attached hydrogens (primary N) is 1. The molecule has 0 aliphatic rings. The summed E-state index contributed by atoms with van der Waals surface area (Å²) < 4.78 is 4.97. The van der Waals surface area contributed by atoms with E-state index in [4.69, 9.17) is 20.7 Å². The molecule has 1 rings (SSSR count). The third kappa shape index (κ3) is 1.45. The SMILES string of the molecule is N#CCC(N)c1occc1C#N. The molecular weight excluding hydrogens is 154 g/mol. The van der Waals surface area contributed by atoms with Gasteiger partial charge < -0.3 is 10.2 Å². The zero-order valence-electron chi connectivity index (χ0n) is 6.32. The lowest BCUT2D eigenvalue weighted by molar-refractivity contribution is 0.468. The number of rotatable bonds is 2. The summed E-state index contributed by atoms with van der Waals surface area (Å²) in [5.41, 5.74) is 5.96. The molecule has 1 unspecified atom stereocenters. The van der Waals surface area contributed by atoms with Crippen molar-refractivity contribution in [1.29, 1.82) is 10.5 Å². The van der Waals surface area contributed by atoms with Gasteiger partial charge in [-0.1, -0.05) is 0 Å². The fourth-order valence-corrected chi connectivity index (χ4v) is 0.892. The Morgan fingerprint density at radius 2 is 2.33 bits per heavy atom. The molecule has 1 heterocycles. The van der Waals surface area contributed by atoms with Crippen LogP contribution in [0.5, 0.6) is 0 Å². The van der Waals surface area contributed by atoms with Crippen LogP contribution in [0.3, 0.4) is 0 Å². The third-order valence-corrected chi connectivity index (χ3v) is 1.46. The van der Waals surface area contributed by atoms with E-state index in [-0.39, 0.29) is 6.42 Å². The Morgan fingerprint density at radius 3 is 2.92 bits per heavy atom. The van der Waals surface area contributed by atoms with Crippen molar-refractivity contribution in [1.82, 2.24) is 0 Å². The fraction of sp³-hybridized carbons (Fsp3) is 0.250. The Morgan fingerprint density at radius 1 is 1.58 bits per heavy atom. The second kappa shape index (κ2) is 3.56. The van der Waals surface area contributed by atoms with Crippen molar-refractivity contribution >= 4 is 0 Å². The quantitative estimate of drug-likeness (QED) is 0.702. The van der Waals surface area contributed by atoms with Crippen LogP contribution in [0.25, 0.3) is 0 Å². The summed E-state index contributed by atoms with van der Waals surface area (Å²) in [4.78, 5) is 0. The minimum Gasteiger partial charge on any atom is -0.466 e. The largest absolute Gasteiger partial charge is 0.466 e. The first-order valence-corrected chi connectivity index (χ1v) is 3.39. The van der Waals surface area contributed by atoms with Crippen LogP contribution in [-0.2, 0) is 0 Å². The van der Waals surface area contributed by atoms with Gasteiger partial charge in [-0.25, -0.2) is 0 Å². The third-order valence-electron chi connectivity index (χ3n) is 1.46. The van der Waals surface area contributed by atoms with E-state index in [0.717, 1.165) is 0 Å². The van der Waals surface area contributed by atoms with Gasteiger partial charge >= 0.3 is 0 Å². The molecule has 0 saturated heterocycles. The van der Waals surface area contributed by atoms with Gasteiger partial charge in [0.25, 0.3) is 0 Å². The molecule has 0 bridgehead atoms. The summed E-state index contributed by atoms with van der Waals surface area (Å²) in [7, 11) is 0. The Kier molecular flexibility index (Phi) is 2.47. The minimum atomic E-state index is -0.500. The van der Waals surface area contributed by atoms with E-state index in [1.165, 1.54) is 12.3 Å². The molecule has 0 aliphatic heterocycles. The van der Waals surface area contributed by atoms with E-state index in [9.17, 15) is 0 Å². The second-order valence-corrected chi connectivity index (χ2v) is 2.28.